The maximum Gasteiger partial charge on any atom is 0.113 e. The molecule has 4 nitrogen and oxygen atoms in total. The molecule has 0 spiro atoms. The lowest BCUT2D eigenvalue weighted by Gasteiger charge is -2.07. The summed E-state index contributed by atoms with van der Waals surface area (Å²) in [5.41, 5.74) is 1.19. The normalized spacial score (nSPS) is 10.6. The topological polar surface area (TPSA) is 42.7 Å². The van der Waals surface area contributed by atoms with Crippen LogP contribution in [0.4, 0.5) is 0 Å². The Balaban J connectivity index is 2.07. The summed E-state index contributed by atoms with van der Waals surface area (Å²) in [7, 11) is 1.96. The zero-order valence-electron chi connectivity index (χ0n) is 9.43. The van der Waals surface area contributed by atoms with E-state index in [1.807, 2.05) is 31.7 Å². The number of aromatic nitrogens is 3. The van der Waals surface area contributed by atoms with E-state index in [4.69, 9.17) is 0 Å². The Labute approximate surface area is 95.4 Å². The molecule has 2 aromatic heterocycles. The van der Waals surface area contributed by atoms with Gasteiger partial charge in [0.1, 0.15) is 5.82 Å². The number of imidazole rings is 1. The Bertz CT molecular complexity index is 422. The van der Waals surface area contributed by atoms with Crippen molar-refractivity contribution in [1.82, 2.24) is 19.9 Å². The van der Waals surface area contributed by atoms with E-state index in [0.29, 0.717) is 0 Å². The van der Waals surface area contributed by atoms with Gasteiger partial charge in [-0.05, 0) is 18.7 Å². The fraction of sp³-hybridized carbons (Fsp3) is 0.333. The minimum Gasteiger partial charge on any atom is -0.333 e. The van der Waals surface area contributed by atoms with Crippen LogP contribution in [0.15, 0.2) is 36.9 Å². The van der Waals surface area contributed by atoms with Gasteiger partial charge in [0, 0.05) is 44.3 Å². The molecule has 0 atom stereocenters. The van der Waals surface area contributed by atoms with Gasteiger partial charge in [0.25, 0.3) is 0 Å². The molecular weight excluding hydrogens is 200 g/mol. The molecule has 2 heterocycles. The molecule has 1 N–H and O–H groups in total. The first-order chi connectivity index (χ1) is 7.90. The fourth-order valence-electron chi connectivity index (χ4n) is 1.63. The van der Waals surface area contributed by atoms with Gasteiger partial charge in [0.2, 0.25) is 0 Å². The highest BCUT2D eigenvalue weighted by Gasteiger charge is 2.03. The van der Waals surface area contributed by atoms with Crippen molar-refractivity contribution >= 4 is 0 Å². The van der Waals surface area contributed by atoms with Crippen molar-refractivity contribution in [2.45, 2.75) is 13.0 Å². The Kier molecular flexibility index (Phi) is 3.66. The van der Waals surface area contributed by atoms with Crippen molar-refractivity contribution in [2.75, 3.05) is 13.6 Å². The third-order valence-corrected chi connectivity index (χ3v) is 2.49. The third-order valence-electron chi connectivity index (χ3n) is 2.49. The largest absolute Gasteiger partial charge is 0.333 e. The molecule has 0 fully saturated rings. The summed E-state index contributed by atoms with van der Waals surface area (Å²) in [5.74, 6) is 1.09. The van der Waals surface area contributed by atoms with Crippen LogP contribution in [0.5, 0.6) is 0 Å². The summed E-state index contributed by atoms with van der Waals surface area (Å²) >= 11 is 0. The van der Waals surface area contributed by atoms with Crippen molar-refractivity contribution < 1.29 is 0 Å². The number of hydrogen-bond acceptors (Lipinski definition) is 3. The van der Waals surface area contributed by atoms with Crippen LogP contribution in [0.25, 0.3) is 0 Å². The van der Waals surface area contributed by atoms with E-state index in [9.17, 15) is 0 Å². The third kappa shape index (κ3) is 2.67. The van der Waals surface area contributed by atoms with E-state index in [1.54, 1.807) is 6.20 Å². The van der Waals surface area contributed by atoms with Crippen molar-refractivity contribution in [3.63, 3.8) is 0 Å². The molecule has 0 amide bonds. The minimum absolute atomic E-state index is 0.838. The SMILES string of the molecule is CNCCn1ccnc1Cc1cccnc1. The Hall–Kier alpha value is -1.68. The molecule has 84 valence electrons. The molecule has 0 aromatic carbocycles. The molecule has 0 saturated carbocycles. The maximum atomic E-state index is 4.37. The molecule has 0 radical (unpaired) electrons. The number of likely N-dealkylation sites (N-methyl/N-ethyl adjacent to an activating group) is 1. The van der Waals surface area contributed by atoms with E-state index in [2.05, 4.69) is 25.9 Å². The van der Waals surface area contributed by atoms with Gasteiger partial charge < -0.3 is 9.88 Å². The van der Waals surface area contributed by atoms with Gasteiger partial charge in [0.15, 0.2) is 0 Å². The first-order valence-corrected chi connectivity index (χ1v) is 5.43. The molecule has 16 heavy (non-hydrogen) atoms. The monoisotopic (exact) mass is 216 g/mol. The average molecular weight is 216 g/mol. The molecule has 0 saturated heterocycles. The second kappa shape index (κ2) is 5.42. The molecular formula is C12H16N4. The molecule has 0 bridgehead atoms. The molecule has 0 aliphatic heterocycles. The lowest BCUT2D eigenvalue weighted by Crippen LogP contribution is -2.16. The molecule has 4 heteroatoms. The van der Waals surface area contributed by atoms with Gasteiger partial charge in [-0.2, -0.15) is 0 Å². The Morgan fingerprint density at radius 3 is 3.06 bits per heavy atom. The summed E-state index contributed by atoms with van der Waals surface area (Å²) in [6, 6.07) is 4.03. The van der Waals surface area contributed by atoms with Crippen LogP contribution in [0.3, 0.4) is 0 Å². The van der Waals surface area contributed by atoms with Crippen LogP contribution >= 0.6 is 0 Å². The van der Waals surface area contributed by atoms with Crippen LogP contribution in [0.1, 0.15) is 11.4 Å². The van der Waals surface area contributed by atoms with Crippen LogP contribution < -0.4 is 5.32 Å². The smallest absolute Gasteiger partial charge is 0.113 e. The van der Waals surface area contributed by atoms with E-state index in [0.717, 1.165) is 25.3 Å². The van der Waals surface area contributed by atoms with E-state index in [1.165, 1.54) is 5.56 Å². The molecule has 0 aliphatic carbocycles. The van der Waals surface area contributed by atoms with Gasteiger partial charge in [-0.25, -0.2) is 4.98 Å². The van der Waals surface area contributed by atoms with E-state index in [-0.39, 0.29) is 0 Å². The second-order valence-corrected chi connectivity index (χ2v) is 3.68. The summed E-state index contributed by atoms with van der Waals surface area (Å²) in [5, 5.41) is 3.14. The van der Waals surface area contributed by atoms with Crippen LogP contribution in [0.2, 0.25) is 0 Å². The van der Waals surface area contributed by atoms with Gasteiger partial charge in [0.05, 0.1) is 0 Å². The summed E-state index contributed by atoms with van der Waals surface area (Å²) in [6.45, 7) is 1.91. The minimum atomic E-state index is 0.838. The van der Waals surface area contributed by atoms with Gasteiger partial charge in [-0.1, -0.05) is 6.07 Å². The predicted octanol–water partition coefficient (Wildman–Crippen LogP) is 1.09. The first-order valence-electron chi connectivity index (χ1n) is 5.43. The van der Waals surface area contributed by atoms with E-state index < -0.39 is 0 Å². The maximum absolute atomic E-state index is 4.37. The summed E-state index contributed by atoms with van der Waals surface area (Å²) in [4.78, 5) is 8.48. The zero-order chi connectivity index (χ0) is 11.2. The van der Waals surface area contributed by atoms with Crippen LogP contribution in [-0.4, -0.2) is 28.1 Å². The standard InChI is InChI=1S/C12H16N4/c1-13-5-7-16-8-6-15-12(16)9-11-3-2-4-14-10-11/h2-4,6,8,10,13H,5,7,9H2,1H3. The Morgan fingerprint density at radius 2 is 2.31 bits per heavy atom. The van der Waals surface area contributed by atoms with Crippen LogP contribution in [-0.2, 0) is 13.0 Å². The average Bonchev–Trinajstić information content (AvgIpc) is 2.75. The predicted molar refractivity (Wildman–Crippen MR) is 63.2 cm³/mol. The number of nitrogens with zero attached hydrogens (tertiary/aromatic N) is 3. The van der Waals surface area contributed by atoms with Crippen molar-refractivity contribution in [2.24, 2.45) is 0 Å². The number of rotatable bonds is 5. The molecule has 2 rings (SSSR count). The lowest BCUT2D eigenvalue weighted by molar-refractivity contribution is 0.621. The lowest BCUT2D eigenvalue weighted by atomic mass is 10.2. The van der Waals surface area contributed by atoms with E-state index >= 15 is 0 Å². The number of hydrogen-bond donors (Lipinski definition) is 1. The van der Waals surface area contributed by atoms with Crippen molar-refractivity contribution in [3.05, 3.63) is 48.3 Å². The van der Waals surface area contributed by atoms with Gasteiger partial charge in [-0.3, -0.25) is 4.98 Å². The molecule has 0 aliphatic rings. The quantitative estimate of drug-likeness (QED) is 0.813. The zero-order valence-corrected chi connectivity index (χ0v) is 9.43. The fourth-order valence-corrected chi connectivity index (χ4v) is 1.63. The highest BCUT2D eigenvalue weighted by atomic mass is 15.1. The number of nitrogens with one attached hydrogen (secondary N) is 1. The number of pyridine rings is 1. The molecule has 0 unspecified atom stereocenters. The first kappa shape index (κ1) is 10.8. The highest BCUT2D eigenvalue weighted by molar-refractivity contribution is 5.14. The second-order valence-electron chi connectivity index (χ2n) is 3.68. The van der Waals surface area contributed by atoms with Gasteiger partial charge in [-0.15, -0.1) is 0 Å². The van der Waals surface area contributed by atoms with Crippen LogP contribution in [0, 0.1) is 0 Å². The van der Waals surface area contributed by atoms with Crippen molar-refractivity contribution in [1.29, 1.82) is 0 Å². The summed E-state index contributed by atoms with van der Waals surface area (Å²) in [6.07, 6.45) is 8.38. The van der Waals surface area contributed by atoms with Gasteiger partial charge >= 0.3 is 0 Å². The van der Waals surface area contributed by atoms with Crippen molar-refractivity contribution in [3.8, 4) is 0 Å². The highest BCUT2D eigenvalue weighted by Crippen LogP contribution is 2.06. The molecule has 2 aromatic rings. The Morgan fingerprint density at radius 1 is 1.38 bits per heavy atom. The summed E-state index contributed by atoms with van der Waals surface area (Å²) < 4.78 is 2.17.